The summed E-state index contributed by atoms with van der Waals surface area (Å²) in [6, 6.07) is 7.07. The highest BCUT2D eigenvalue weighted by Gasteiger charge is 2.32. The van der Waals surface area contributed by atoms with Crippen LogP contribution >= 0.6 is 11.6 Å². The average Bonchev–Trinajstić information content (AvgIpc) is 3.18. The van der Waals surface area contributed by atoms with E-state index in [4.69, 9.17) is 11.6 Å². The molecule has 2 heterocycles. The third-order valence-corrected chi connectivity index (χ3v) is 4.33. The molecule has 126 valence electrons. The van der Waals surface area contributed by atoms with E-state index in [-0.39, 0.29) is 17.9 Å². The van der Waals surface area contributed by atoms with E-state index in [1.165, 1.54) is 0 Å². The van der Waals surface area contributed by atoms with Crippen LogP contribution in [0.3, 0.4) is 0 Å². The van der Waals surface area contributed by atoms with Crippen molar-refractivity contribution in [2.75, 3.05) is 11.4 Å². The molecule has 1 saturated heterocycles. The van der Waals surface area contributed by atoms with E-state index in [1.807, 2.05) is 29.0 Å². The predicted octanol–water partition coefficient (Wildman–Crippen LogP) is 2.24. The molecule has 0 radical (unpaired) electrons. The fourth-order valence-electron chi connectivity index (χ4n) is 2.85. The number of aryl methyl sites for hydroxylation is 1. The van der Waals surface area contributed by atoms with E-state index >= 15 is 0 Å². The third kappa shape index (κ3) is 3.94. The van der Waals surface area contributed by atoms with Gasteiger partial charge in [0.25, 0.3) is 0 Å². The average molecular weight is 347 g/mol. The predicted molar refractivity (Wildman–Crippen MR) is 91.8 cm³/mol. The second-order valence-electron chi connectivity index (χ2n) is 5.83. The normalized spacial score (nSPS) is 17.3. The van der Waals surface area contributed by atoms with Gasteiger partial charge in [-0.3, -0.25) is 9.59 Å². The molecule has 1 aromatic heterocycles. The van der Waals surface area contributed by atoms with E-state index in [9.17, 15) is 9.59 Å². The van der Waals surface area contributed by atoms with Crippen molar-refractivity contribution >= 4 is 29.1 Å². The molecule has 24 heavy (non-hydrogen) atoms. The van der Waals surface area contributed by atoms with Crippen LogP contribution in [0.1, 0.15) is 19.3 Å². The van der Waals surface area contributed by atoms with Crippen molar-refractivity contribution in [3.63, 3.8) is 0 Å². The molecular formula is C17H19ClN4O2. The minimum absolute atomic E-state index is 0.0215. The number of benzene rings is 1. The van der Waals surface area contributed by atoms with Gasteiger partial charge in [-0.25, -0.2) is 4.98 Å². The number of aromatic nitrogens is 2. The molecule has 2 amide bonds. The van der Waals surface area contributed by atoms with Crippen molar-refractivity contribution in [3.8, 4) is 0 Å². The number of rotatable bonds is 6. The lowest BCUT2D eigenvalue weighted by Crippen LogP contribution is -2.37. The largest absolute Gasteiger partial charge is 0.351 e. The maximum atomic E-state index is 12.2. The lowest BCUT2D eigenvalue weighted by molar-refractivity contribution is -0.121. The van der Waals surface area contributed by atoms with Crippen LogP contribution in [0.15, 0.2) is 43.0 Å². The van der Waals surface area contributed by atoms with Crippen LogP contribution in [0.2, 0.25) is 5.02 Å². The van der Waals surface area contributed by atoms with E-state index in [0.717, 1.165) is 13.0 Å². The second kappa shape index (κ2) is 7.49. The summed E-state index contributed by atoms with van der Waals surface area (Å²) in [7, 11) is 0. The monoisotopic (exact) mass is 346 g/mol. The molecule has 0 bridgehead atoms. The van der Waals surface area contributed by atoms with E-state index < -0.39 is 0 Å². The van der Waals surface area contributed by atoms with Crippen LogP contribution in [0.5, 0.6) is 0 Å². The summed E-state index contributed by atoms with van der Waals surface area (Å²) in [5.41, 5.74) is 0.695. The van der Waals surface area contributed by atoms with Crippen molar-refractivity contribution < 1.29 is 9.59 Å². The Kier molecular flexibility index (Phi) is 5.15. The highest BCUT2D eigenvalue weighted by molar-refractivity contribution is 6.33. The van der Waals surface area contributed by atoms with Gasteiger partial charge in [0.05, 0.1) is 23.1 Å². The van der Waals surface area contributed by atoms with Gasteiger partial charge in [0.1, 0.15) is 0 Å². The van der Waals surface area contributed by atoms with Crippen LogP contribution in [-0.4, -0.2) is 34.0 Å². The van der Waals surface area contributed by atoms with Gasteiger partial charge in [0.15, 0.2) is 0 Å². The first-order valence-corrected chi connectivity index (χ1v) is 8.31. The van der Waals surface area contributed by atoms with Gasteiger partial charge < -0.3 is 14.8 Å². The Labute approximate surface area is 145 Å². The van der Waals surface area contributed by atoms with Gasteiger partial charge in [0, 0.05) is 38.3 Å². The summed E-state index contributed by atoms with van der Waals surface area (Å²) in [5, 5.41) is 3.48. The van der Waals surface area contributed by atoms with Crippen molar-refractivity contribution in [1.82, 2.24) is 14.9 Å². The van der Waals surface area contributed by atoms with Gasteiger partial charge in [-0.05, 0) is 18.6 Å². The minimum Gasteiger partial charge on any atom is -0.351 e. The number of hydrogen-bond acceptors (Lipinski definition) is 3. The number of imidazole rings is 1. The number of carbonyl (C=O) groups is 2. The number of nitrogens with zero attached hydrogens (tertiary/aromatic N) is 3. The maximum Gasteiger partial charge on any atom is 0.229 e. The molecule has 0 unspecified atom stereocenters. The summed E-state index contributed by atoms with van der Waals surface area (Å²) >= 11 is 6.15. The molecule has 2 aromatic rings. The summed E-state index contributed by atoms with van der Waals surface area (Å²) in [4.78, 5) is 29.8. The lowest BCUT2D eigenvalue weighted by Gasteiger charge is -2.18. The molecule has 1 atom stereocenters. The lowest BCUT2D eigenvalue weighted by atomic mass is 10.2. The number of halogens is 1. The standard InChI is InChI=1S/C17H19ClN4O2/c18-14-4-1-2-5-15(14)22-11-13(10-17(22)24)20-16(23)6-3-8-21-9-7-19-12-21/h1-2,4-5,7,9,12-13H,3,6,8,10-11H2,(H,20,23)/t13-/m1/s1. The van der Waals surface area contributed by atoms with Crippen LogP contribution in [0.4, 0.5) is 5.69 Å². The number of hydrogen-bond donors (Lipinski definition) is 1. The highest BCUT2D eigenvalue weighted by Crippen LogP contribution is 2.28. The summed E-state index contributed by atoms with van der Waals surface area (Å²) in [6.07, 6.45) is 6.78. The maximum absolute atomic E-state index is 12.2. The summed E-state index contributed by atoms with van der Waals surface area (Å²) < 4.78 is 1.94. The molecule has 0 saturated carbocycles. The quantitative estimate of drug-likeness (QED) is 0.872. The van der Waals surface area contributed by atoms with Gasteiger partial charge in [-0.2, -0.15) is 0 Å². The molecule has 1 aliphatic rings. The Hall–Kier alpha value is -2.34. The molecular weight excluding hydrogens is 328 g/mol. The van der Waals surface area contributed by atoms with Crippen LogP contribution < -0.4 is 10.2 Å². The molecule has 6 nitrogen and oxygen atoms in total. The fourth-order valence-corrected chi connectivity index (χ4v) is 3.09. The SMILES string of the molecule is O=C(CCCn1ccnc1)N[C@@H]1CC(=O)N(c2ccccc2Cl)C1. The van der Waals surface area contributed by atoms with Crippen LogP contribution in [0.25, 0.3) is 0 Å². The number of para-hydroxylation sites is 1. The topological polar surface area (TPSA) is 67.2 Å². The van der Waals surface area contributed by atoms with Crippen LogP contribution in [-0.2, 0) is 16.1 Å². The molecule has 1 aromatic carbocycles. The zero-order chi connectivity index (χ0) is 16.9. The molecule has 0 aliphatic carbocycles. The van der Waals surface area contributed by atoms with Crippen molar-refractivity contribution in [1.29, 1.82) is 0 Å². The van der Waals surface area contributed by atoms with E-state index in [1.54, 1.807) is 23.5 Å². The summed E-state index contributed by atoms with van der Waals surface area (Å²) in [5.74, 6) is -0.0549. The molecule has 1 fully saturated rings. The van der Waals surface area contributed by atoms with E-state index in [2.05, 4.69) is 10.3 Å². The highest BCUT2D eigenvalue weighted by atomic mass is 35.5. The van der Waals surface area contributed by atoms with Crippen molar-refractivity contribution in [2.45, 2.75) is 31.8 Å². The molecule has 7 heteroatoms. The fraction of sp³-hybridized carbons (Fsp3) is 0.353. The first-order chi connectivity index (χ1) is 11.6. The number of anilines is 1. The van der Waals surface area contributed by atoms with Gasteiger partial charge in [-0.1, -0.05) is 23.7 Å². The Morgan fingerprint density at radius 1 is 1.38 bits per heavy atom. The number of carbonyl (C=O) groups excluding carboxylic acids is 2. The Morgan fingerprint density at radius 3 is 2.96 bits per heavy atom. The number of amides is 2. The number of nitrogens with one attached hydrogen (secondary N) is 1. The van der Waals surface area contributed by atoms with Crippen molar-refractivity contribution in [2.24, 2.45) is 0 Å². The Balaban J connectivity index is 1.49. The molecule has 1 aliphatic heterocycles. The molecule has 0 spiro atoms. The van der Waals surface area contributed by atoms with Gasteiger partial charge in [-0.15, -0.1) is 0 Å². The zero-order valence-corrected chi connectivity index (χ0v) is 13.9. The Morgan fingerprint density at radius 2 is 2.21 bits per heavy atom. The second-order valence-corrected chi connectivity index (χ2v) is 6.24. The van der Waals surface area contributed by atoms with E-state index in [0.29, 0.717) is 30.1 Å². The first kappa shape index (κ1) is 16.5. The summed E-state index contributed by atoms with van der Waals surface area (Å²) in [6.45, 7) is 1.21. The first-order valence-electron chi connectivity index (χ1n) is 7.93. The smallest absolute Gasteiger partial charge is 0.229 e. The third-order valence-electron chi connectivity index (χ3n) is 4.01. The minimum atomic E-state index is -0.172. The van der Waals surface area contributed by atoms with Crippen molar-refractivity contribution in [3.05, 3.63) is 48.0 Å². The molecule has 1 N–H and O–H groups in total. The van der Waals surface area contributed by atoms with Gasteiger partial charge in [0.2, 0.25) is 11.8 Å². The Bertz CT molecular complexity index is 717. The molecule has 3 rings (SSSR count). The van der Waals surface area contributed by atoms with Gasteiger partial charge >= 0.3 is 0 Å². The zero-order valence-electron chi connectivity index (χ0n) is 13.2. The van der Waals surface area contributed by atoms with Crippen LogP contribution in [0, 0.1) is 0 Å².